The molecular formula is C29H30N4O3S. The van der Waals surface area contributed by atoms with Gasteiger partial charge in [0.25, 0.3) is 0 Å². The molecule has 1 fully saturated rings. The van der Waals surface area contributed by atoms with E-state index in [0.29, 0.717) is 31.3 Å². The van der Waals surface area contributed by atoms with Crippen LogP contribution < -0.4 is 0 Å². The summed E-state index contributed by atoms with van der Waals surface area (Å²) in [5, 5.41) is 0.921. The van der Waals surface area contributed by atoms with Gasteiger partial charge in [0, 0.05) is 47.9 Å². The fraction of sp³-hybridized carbons (Fsp3) is 0.345. The Morgan fingerprint density at radius 2 is 1.81 bits per heavy atom. The molecule has 0 saturated carbocycles. The molecule has 4 aromatic rings. The van der Waals surface area contributed by atoms with Crippen LogP contribution in [0.15, 0.2) is 70.3 Å². The highest BCUT2D eigenvalue weighted by Gasteiger charge is 2.31. The van der Waals surface area contributed by atoms with Gasteiger partial charge >= 0.3 is 0 Å². The Morgan fingerprint density at radius 3 is 2.49 bits per heavy atom. The molecule has 0 radical (unpaired) electrons. The summed E-state index contributed by atoms with van der Waals surface area (Å²) in [6.07, 6.45) is 4.94. The highest BCUT2D eigenvalue weighted by atomic mass is 32.2. The first-order valence-electron chi connectivity index (χ1n) is 12.7. The smallest absolute Gasteiger partial charge is 0.192 e. The first kappa shape index (κ1) is 24.0. The van der Waals surface area contributed by atoms with Crippen molar-refractivity contribution in [1.29, 1.82) is 0 Å². The second-order valence-electron chi connectivity index (χ2n) is 10.1. The molecular weight excluding hydrogens is 484 g/mol. The van der Waals surface area contributed by atoms with Crippen LogP contribution in [0, 0.1) is 5.92 Å². The van der Waals surface area contributed by atoms with E-state index in [0.717, 1.165) is 46.1 Å². The van der Waals surface area contributed by atoms with E-state index in [1.807, 2.05) is 25.3 Å². The maximum Gasteiger partial charge on any atom is 0.192 e. The summed E-state index contributed by atoms with van der Waals surface area (Å²) in [7, 11) is -3.49. The van der Waals surface area contributed by atoms with E-state index < -0.39 is 9.84 Å². The van der Waals surface area contributed by atoms with E-state index in [9.17, 15) is 8.42 Å². The van der Waals surface area contributed by atoms with Gasteiger partial charge in [0.2, 0.25) is 0 Å². The number of aromatic nitrogens is 3. The van der Waals surface area contributed by atoms with Gasteiger partial charge in [-0.15, -0.1) is 0 Å². The predicted octanol–water partition coefficient (Wildman–Crippen LogP) is 5.25. The molecule has 0 bridgehead atoms. The van der Waals surface area contributed by atoms with Crippen LogP contribution in [-0.4, -0.2) is 54.7 Å². The monoisotopic (exact) mass is 514 g/mol. The van der Waals surface area contributed by atoms with Crippen molar-refractivity contribution in [3.63, 3.8) is 0 Å². The normalized spacial score (nSPS) is 18.1. The number of allylic oxidation sites excluding steroid dienone is 1. The molecule has 2 aliphatic heterocycles. The van der Waals surface area contributed by atoms with E-state index in [-0.39, 0.29) is 11.1 Å². The van der Waals surface area contributed by atoms with Crippen LogP contribution in [0.3, 0.4) is 0 Å². The maximum atomic E-state index is 12.5. The summed E-state index contributed by atoms with van der Waals surface area (Å²) in [5.41, 5.74) is 7.99. The number of pyridine rings is 2. The van der Waals surface area contributed by atoms with E-state index in [1.165, 1.54) is 17.4 Å². The number of sulfone groups is 1. The molecule has 190 valence electrons. The molecule has 1 atom stereocenters. The van der Waals surface area contributed by atoms with Gasteiger partial charge in [0.1, 0.15) is 5.65 Å². The van der Waals surface area contributed by atoms with Crippen molar-refractivity contribution in [2.45, 2.75) is 37.8 Å². The Labute approximate surface area is 216 Å². The molecule has 1 aromatic carbocycles. The molecule has 7 nitrogen and oxygen atoms in total. The molecule has 0 spiro atoms. The number of aliphatic imine (C=N–C) groups is 1. The number of nitrogens with zero attached hydrogens (tertiary/aromatic N) is 4. The summed E-state index contributed by atoms with van der Waals surface area (Å²) in [6, 6.07) is 16.0. The van der Waals surface area contributed by atoms with Gasteiger partial charge in [-0.25, -0.2) is 13.4 Å². The largest absolute Gasteiger partial charge is 0.381 e. The SMILES string of the molecule is CC1=NCC(C)=C1c1cnc2c3ccc(S(C)(=O)=O)nc3n(C(c3ccccc3)C3CCOCC3)c2c1. The van der Waals surface area contributed by atoms with Crippen LogP contribution in [0.1, 0.15) is 43.9 Å². The molecule has 3 aromatic heterocycles. The van der Waals surface area contributed by atoms with Crippen molar-refractivity contribution < 1.29 is 13.2 Å². The molecule has 2 aliphatic rings. The third-order valence-electron chi connectivity index (χ3n) is 7.60. The van der Waals surface area contributed by atoms with Crippen molar-refractivity contribution in [2.75, 3.05) is 26.0 Å². The Hall–Kier alpha value is -3.36. The summed E-state index contributed by atoms with van der Waals surface area (Å²) in [4.78, 5) is 14.3. The van der Waals surface area contributed by atoms with Crippen LogP contribution in [0.4, 0.5) is 0 Å². The Bertz CT molecular complexity index is 1680. The quantitative estimate of drug-likeness (QED) is 0.363. The summed E-state index contributed by atoms with van der Waals surface area (Å²) >= 11 is 0. The number of benzene rings is 1. The number of hydrogen-bond acceptors (Lipinski definition) is 6. The number of hydrogen-bond donors (Lipinski definition) is 0. The number of rotatable bonds is 5. The minimum atomic E-state index is -3.49. The Balaban J connectivity index is 1.70. The van der Waals surface area contributed by atoms with E-state index in [1.54, 1.807) is 6.07 Å². The first-order chi connectivity index (χ1) is 17.8. The fourth-order valence-corrected chi connectivity index (χ4v) is 6.42. The lowest BCUT2D eigenvalue weighted by atomic mass is 9.86. The number of fused-ring (bicyclic) bond motifs is 3. The van der Waals surface area contributed by atoms with Crippen LogP contribution >= 0.6 is 0 Å². The molecule has 6 rings (SSSR count). The summed E-state index contributed by atoms with van der Waals surface area (Å²) in [5.74, 6) is 0.304. The topological polar surface area (TPSA) is 86.4 Å². The van der Waals surface area contributed by atoms with Crippen LogP contribution in [-0.2, 0) is 14.6 Å². The van der Waals surface area contributed by atoms with Crippen LogP contribution in [0.5, 0.6) is 0 Å². The van der Waals surface area contributed by atoms with Gasteiger partial charge in [-0.05, 0) is 61.9 Å². The van der Waals surface area contributed by atoms with E-state index in [2.05, 4.69) is 46.8 Å². The Kier molecular flexibility index (Phi) is 5.96. The van der Waals surface area contributed by atoms with Gasteiger partial charge < -0.3 is 9.30 Å². The first-order valence-corrected chi connectivity index (χ1v) is 14.6. The second-order valence-corrected chi connectivity index (χ2v) is 12.1. The lowest BCUT2D eigenvalue weighted by Gasteiger charge is -2.32. The van der Waals surface area contributed by atoms with E-state index >= 15 is 0 Å². The van der Waals surface area contributed by atoms with Crippen molar-refractivity contribution in [3.8, 4) is 0 Å². The van der Waals surface area contributed by atoms with Gasteiger partial charge in [0.05, 0.1) is 23.6 Å². The number of ether oxygens (including phenoxy) is 1. The summed E-state index contributed by atoms with van der Waals surface area (Å²) < 4.78 is 33.0. The lowest BCUT2D eigenvalue weighted by Crippen LogP contribution is -2.27. The summed E-state index contributed by atoms with van der Waals surface area (Å²) in [6.45, 7) is 6.27. The standard InChI is InChI=1S/C29H30N4O3S/c1-18-16-30-19(2)26(18)22-15-24-27(31-17-22)23-9-10-25(37(3,34)35)32-29(23)33(24)28(20-7-5-4-6-8-20)21-11-13-36-14-12-21/h4-10,15,17,21,28H,11-14,16H2,1-3H3. The average Bonchev–Trinajstić information content (AvgIpc) is 3.40. The van der Waals surface area contributed by atoms with Crippen molar-refractivity contribution in [3.05, 3.63) is 71.4 Å². The molecule has 5 heterocycles. The lowest BCUT2D eigenvalue weighted by molar-refractivity contribution is 0.0552. The van der Waals surface area contributed by atoms with Gasteiger partial charge in [-0.3, -0.25) is 9.98 Å². The highest BCUT2D eigenvalue weighted by Crippen LogP contribution is 2.41. The van der Waals surface area contributed by atoms with Crippen LogP contribution in [0.2, 0.25) is 0 Å². The van der Waals surface area contributed by atoms with Gasteiger partial charge in [0.15, 0.2) is 14.9 Å². The van der Waals surface area contributed by atoms with Crippen LogP contribution in [0.25, 0.3) is 27.6 Å². The fourth-order valence-electron chi connectivity index (χ4n) is 5.86. The molecule has 1 unspecified atom stereocenters. The third kappa shape index (κ3) is 4.18. The average molecular weight is 515 g/mol. The van der Waals surface area contributed by atoms with E-state index in [4.69, 9.17) is 14.7 Å². The second kappa shape index (κ2) is 9.19. The van der Waals surface area contributed by atoms with Gasteiger partial charge in [-0.1, -0.05) is 30.3 Å². The molecule has 37 heavy (non-hydrogen) atoms. The zero-order valence-corrected chi connectivity index (χ0v) is 22.1. The zero-order valence-electron chi connectivity index (χ0n) is 21.3. The predicted molar refractivity (Wildman–Crippen MR) is 147 cm³/mol. The van der Waals surface area contributed by atoms with Crippen molar-refractivity contribution in [2.24, 2.45) is 10.9 Å². The molecule has 8 heteroatoms. The molecule has 0 aliphatic carbocycles. The molecule has 0 amide bonds. The minimum Gasteiger partial charge on any atom is -0.381 e. The van der Waals surface area contributed by atoms with Crippen molar-refractivity contribution >= 4 is 43.2 Å². The minimum absolute atomic E-state index is 0.0436. The highest BCUT2D eigenvalue weighted by molar-refractivity contribution is 7.90. The zero-order chi connectivity index (χ0) is 25.7. The third-order valence-corrected chi connectivity index (χ3v) is 8.59. The van der Waals surface area contributed by atoms with Gasteiger partial charge in [-0.2, -0.15) is 0 Å². The Morgan fingerprint density at radius 1 is 1.05 bits per heavy atom. The van der Waals surface area contributed by atoms with Crippen molar-refractivity contribution in [1.82, 2.24) is 14.5 Å². The molecule has 1 saturated heterocycles. The molecule has 0 N–H and O–H groups in total. The maximum absolute atomic E-state index is 12.5.